The lowest BCUT2D eigenvalue weighted by Crippen LogP contribution is -2.48. The van der Waals surface area contributed by atoms with Gasteiger partial charge in [-0.15, -0.1) is 0 Å². The highest BCUT2D eigenvalue weighted by Crippen LogP contribution is 2.33. The lowest BCUT2D eigenvalue weighted by Gasteiger charge is -2.26. The zero-order valence-corrected chi connectivity index (χ0v) is 21.1. The molecule has 0 unspecified atom stereocenters. The number of primary amides is 1. The fourth-order valence-corrected chi connectivity index (χ4v) is 4.27. The van der Waals surface area contributed by atoms with Crippen LogP contribution in [0.4, 0.5) is 32.0 Å². The molecule has 3 atom stereocenters. The summed E-state index contributed by atoms with van der Waals surface area (Å²) in [4.78, 5) is 42.6. The Hall–Kier alpha value is -4.10. The number of hydrogen-bond acceptors (Lipinski definition) is 5. The van der Waals surface area contributed by atoms with Crippen molar-refractivity contribution in [3.05, 3.63) is 59.7 Å². The normalized spacial score (nSPS) is 17.0. The topological polar surface area (TPSA) is 123 Å². The number of benzodiazepines with no additional fused rings is 1. The van der Waals surface area contributed by atoms with Gasteiger partial charge in [0.15, 0.2) is 0 Å². The number of carbonyl (C=O) groups is 3. The van der Waals surface area contributed by atoms with Crippen molar-refractivity contribution in [1.82, 2.24) is 5.32 Å². The van der Waals surface area contributed by atoms with Crippen molar-refractivity contribution in [2.75, 3.05) is 12.4 Å². The standard InChI is InChI=1S/C26H26F6N4O4/c1-40-15-8-6-14(7-9-15)20-18-4-2-3-5-19(18)34-24(39)22(35-20)36-23(38)17(11-13-26(30,31)32)16(21(33)37)10-12-25(27,28)29/h2-9,16-17,22H,10-13H2,1H3,(H2,33,37)(H,34,39)(H,36,38)/t16-,17+,22-/m1/s1. The number of hydrogen-bond donors (Lipinski definition) is 3. The monoisotopic (exact) mass is 572 g/mol. The third-order valence-corrected chi connectivity index (χ3v) is 6.25. The van der Waals surface area contributed by atoms with Crippen LogP contribution < -0.4 is 21.1 Å². The Bertz CT molecular complexity index is 1260. The second-order valence-electron chi connectivity index (χ2n) is 9.08. The molecule has 0 fully saturated rings. The number of carbonyl (C=O) groups excluding carboxylic acids is 3. The summed E-state index contributed by atoms with van der Waals surface area (Å²) in [5.41, 5.74) is 6.75. The molecule has 0 aromatic heterocycles. The van der Waals surface area contributed by atoms with Crippen LogP contribution in [0.15, 0.2) is 53.5 Å². The van der Waals surface area contributed by atoms with E-state index < -0.39 is 73.8 Å². The largest absolute Gasteiger partial charge is 0.497 e. The van der Waals surface area contributed by atoms with Crippen molar-refractivity contribution in [3.8, 4) is 5.75 Å². The number of amides is 3. The van der Waals surface area contributed by atoms with Crippen LogP contribution >= 0.6 is 0 Å². The maximum Gasteiger partial charge on any atom is 0.389 e. The molecule has 40 heavy (non-hydrogen) atoms. The lowest BCUT2D eigenvalue weighted by molar-refractivity contribution is -0.152. The van der Waals surface area contributed by atoms with Crippen LogP contribution in [0.5, 0.6) is 5.75 Å². The van der Waals surface area contributed by atoms with Gasteiger partial charge in [-0.3, -0.25) is 14.4 Å². The molecular weight excluding hydrogens is 546 g/mol. The van der Waals surface area contributed by atoms with Crippen LogP contribution in [0.3, 0.4) is 0 Å². The molecule has 0 aliphatic carbocycles. The Morgan fingerprint density at radius 3 is 2.10 bits per heavy atom. The highest BCUT2D eigenvalue weighted by Gasteiger charge is 2.40. The summed E-state index contributed by atoms with van der Waals surface area (Å²) in [5, 5.41) is 4.79. The molecule has 3 amide bonds. The van der Waals surface area contributed by atoms with Crippen LogP contribution in [0.1, 0.15) is 36.8 Å². The number of ether oxygens (including phenoxy) is 1. The van der Waals surface area contributed by atoms with Crippen LogP contribution in [-0.4, -0.2) is 49.1 Å². The smallest absolute Gasteiger partial charge is 0.389 e. The molecule has 3 rings (SSSR count). The predicted molar refractivity (Wildman–Crippen MR) is 132 cm³/mol. The van der Waals surface area contributed by atoms with E-state index in [2.05, 4.69) is 15.6 Å². The summed E-state index contributed by atoms with van der Waals surface area (Å²) < 4.78 is 82.8. The first-order valence-corrected chi connectivity index (χ1v) is 12.0. The molecule has 1 aliphatic rings. The quantitative estimate of drug-likeness (QED) is 0.367. The van der Waals surface area contributed by atoms with E-state index in [9.17, 15) is 40.7 Å². The van der Waals surface area contributed by atoms with E-state index in [4.69, 9.17) is 10.5 Å². The van der Waals surface area contributed by atoms with E-state index in [1.165, 1.54) is 7.11 Å². The molecule has 1 aliphatic heterocycles. The van der Waals surface area contributed by atoms with Gasteiger partial charge in [0.2, 0.25) is 18.0 Å². The Morgan fingerprint density at radius 1 is 0.975 bits per heavy atom. The summed E-state index contributed by atoms with van der Waals surface area (Å²) in [5.74, 6) is -6.75. The van der Waals surface area contributed by atoms with E-state index in [1.54, 1.807) is 48.5 Å². The van der Waals surface area contributed by atoms with Gasteiger partial charge in [-0.1, -0.05) is 18.2 Å². The van der Waals surface area contributed by atoms with Gasteiger partial charge >= 0.3 is 12.4 Å². The van der Waals surface area contributed by atoms with Crippen molar-refractivity contribution in [2.24, 2.45) is 22.6 Å². The third-order valence-electron chi connectivity index (χ3n) is 6.25. The first-order valence-electron chi connectivity index (χ1n) is 12.0. The number of para-hydroxylation sites is 1. The lowest BCUT2D eigenvalue weighted by atomic mass is 9.83. The fourth-order valence-electron chi connectivity index (χ4n) is 4.27. The minimum atomic E-state index is -4.77. The zero-order valence-electron chi connectivity index (χ0n) is 21.1. The van der Waals surface area contributed by atoms with Crippen LogP contribution in [-0.2, 0) is 14.4 Å². The number of nitrogens with one attached hydrogen (secondary N) is 2. The van der Waals surface area contributed by atoms with Gasteiger partial charge in [0.25, 0.3) is 5.91 Å². The zero-order chi connectivity index (χ0) is 29.7. The molecule has 2 aromatic rings. The van der Waals surface area contributed by atoms with Gasteiger partial charge in [-0.2, -0.15) is 26.3 Å². The van der Waals surface area contributed by atoms with Crippen molar-refractivity contribution in [3.63, 3.8) is 0 Å². The molecule has 216 valence electrons. The van der Waals surface area contributed by atoms with Crippen LogP contribution in [0.2, 0.25) is 0 Å². The summed E-state index contributed by atoms with van der Waals surface area (Å²) >= 11 is 0. The molecule has 8 nitrogen and oxygen atoms in total. The summed E-state index contributed by atoms with van der Waals surface area (Å²) in [6, 6.07) is 13.0. The third kappa shape index (κ3) is 8.20. The number of alkyl halides is 6. The van der Waals surface area contributed by atoms with Gasteiger partial charge in [-0.05, 0) is 43.2 Å². The number of methoxy groups -OCH3 is 1. The molecule has 1 heterocycles. The van der Waals surface area contributed by atoms with E-state index in [0.29, 0.717) is 22.6 Å². The Balaban J connectivity index is 1.98. The van der Waals surface area contributed by atoms with Gasteiger partial charge in [0.1, 0.15) is 5.75 Å². The SMILES string of the molecule is COc1ccc(C2=N[C@H](NC(=O)[C@@H](CCC(F)(F)F)[C@@H](CCC(F)(F)F)C(N)=O)C(=O)Nc3ccccc32)cc1. The summed E-state index contributed by atoms with van der Waals surface area (Å²) in [7, 11) is 1.46. The molecule has 0 saturated heterocycles. The van der Waals surface area contributed by atoms with Crippen molar-refractivity contribution in [2.45, 2.75) is 44.2 Å². The molecule has 0 spiro atoms. The molecule has 0 bridgehead atoms. The van der Waals surface area contributed by atoms with E-state index in [0.717, 1.165) is 0 Å². The minimum Gasteiger partial charge on any atom is -0.497 e. The van der Waals surface area contributed by atoms with E-state index in [1.807, 2.05) is 0 Å². The maximum atomic E-state index is 13.2. The number of halogens is 6. The number of aliphatic imine (C=N–C) groups is 1. The van der Waals surface area contributed by atoms with E-state index >= 15 is 0 Å². The maximum absolute atomic E-state index is 13.2. The highest BCUT2D eigenvalue weighted by molar-refractivity contribution is 6.19. The molecule has 0 radical (unpaired) electrons. The Labute approximate surface area is 225 Å². The van der Waals surface area contributed by atoms with Gasteiger partial charge in [0.05, 0.1) is 18.5 Å². The molecule has 14 heteroatoms. The van der Waals surface area contributed by atoms with Gasteiger partial charge in [-0.25, -0.2) is 4.99 Å². The first-order chi connectivity index (χ1) is 18.7. The second kappa shape index (κ2) is 12.4. The molecular formula is C26H26F6N4O4. The Morgan fingerprint density at radius 2 is 1.55 bits per heavy atom. The fraction of sp³-hybridized carbons (Fsp3) is 0.385. The van der Waals surface area contributed by atoms with Crippen LogP contribution in [0.25, 0.3) is 0 Å². The number of nitrogens with two attached hydrogens (primary N) is 1. The minimum absolute atomic E-state index is 0.234. The number of rotatable bonds is 10. The number of anilines is 1. The highest BCUT2D eigenvalue weighted by atomic mass is 19.4. The Kier molecular flexibility index (Phi) is 9.43. The summed E-state index contributed by atoms with van der Waals surface area (Å²) in [6.45, 7) is 0. The van der Waals surface area contributed by atoms with Crippen LogP contribution in [0, 0.1) is 11.8 Å². The molecule has 0 saturated carbocycles. The average Bonchev–Trinajstić information content (AvgIpc) is 3.00. The van der Waals surface area contributed by atoms with Crippen molar-refractivity contribution < 1.29 is 45.5 Å². The van der Waals surface area contributed by atoms with Gasteiger partial charge in [0, 0.05) is 35.8 Å². The molecule has 2 aromatic carbocycles. The second-order valence-corrected chi connectivity index (χ2v) is 9.08. The first kappa shape index (κ1) is 30.4. The molecule has 4 N–H and O–H groups in total. The summed E-state index contributed by atoms with van der Waals surface area (Å²) in [6.07, 6.45) is -16.3. The number of benzene rings is 2. The predicted octanol–water partition coefficient (Wildman–Crippen LogP) is 4.33. The van der Waals surface area contributed by atoms with Gasteiger partial charge < -0.3 is 21.1 Å². The average molecular weight is 573 g/mol. The van der Waals surface area contributed by atoms with Crippen molar-refractivity contribution in [1.29, 1.82) is 0 Å². The number of fused-ring (bicyclic) bond motifs is 1. The number of nitrogens with zero attached hydrogens (tertiary/aromatic N) is 1. The van der Waals surface area contributed by atoms with E-state index in [-0.39, 0.29) is 5.71 Å². The van der Waals surface area contributed by atoms with Crippen molar-refractivity contribution >= 4 is 29.1 Å².